The van der Waals surface area contributed by atoms with Crippen LogP contribution < -0.4 is 10.9 Å². The lowest BCUT2D eigenvalue weighted by Gasteiger charge is -2.21. The van der Waals surface area contributed by atoms with E-state index in [9.17, 15) is 23.9 Å². The summed E-state index contributed by atoms with van der Waals surface area (Å²) in [7, 11) is 0. The molecule has 2 N–H and O–H groups in total. The minimum Gasteiger partial charge on any atom is -0.477 e. The second-order valence-electron chi connectivity index (χ2n) is 6.63. The largest absolute Gasteiger partial charge is 0.477 e. The number of amides is 1. The molecule has 0 atom stereocenters. The number of hydrogen-bond donors (Lipinski definition) is 2. The topological polar surface area (TPSA) is 97.6 Å². The Morgan fingerprint density at radius 3 is 2.37 bits per heavy atom. The van der Waals surface area contributed by atoms with Crippen LogP contribution in [0.5, 0.6) is 0 Å². The fourth-order valence-electron chi connectivity index (χ4n) is 2.27. The van der Waals surface area contributed by atoms with E-state index in [1.54, 1.807) is 20.8 Å². The van der Waals surface area contributed by atoms with Gasteiger partial charge in [0.1, 0.15) is 17.0 Å². The quantitative estimate of drug-likeness (QED) is 0.825. The number of nitrogens with one attached hydrogen (secondary N) is 1. The molecule has 0 aliphatic carbocycles. The molecule has 0 saturated heterocycles. The molecule has 0 aliphatic heterocycles. The van der Waals surface area contributed by atoms with Crippen molar-refractivity contribution < 1.29 is 23.8 Å². The summed E-state index contributed by atoms with van der Waals surface area (Å²) in [5, 5.41) is 11.6. The molecule has 0 bridgehead atoms. The van der Waals surface area contributed by atoms with Gasteiger partial charge in [0.2, 0.25) is 0 Å². The number of hydrogen-bond acceptors (Lipinski definition) is 4. The van der Waals surface area contributed by atoms with Gasteiger partial charge in [0, 0.05) is 5.69 Å². The van der Waals surface area contributed by atoms with E-state index in [4.69, 9.17) is 16.3 Å². The lowest BCUT2D eigenvalue weighted by Crippen LogP contribution is -2.35. The summed E-state index contributed by atoms with van der Waals surface area (Å²) in [5.74, 6) is -1.98. The summed E-state index contributed by atoms with van der Waals surface area (Å²) in [6, 6.07) is 5.85. The van der Waals surface area contributed by atoms with Crippen LogP contribution in [0.3, 0.4) is 0 Å². The average molecular weight is 397 g/mol. The number of nitrogens with zero attached hydrogens (tertiary/aromatic N) is 1. The molecule has 7 nitrogen and oxygen atoms in total. The zero-order chi connectivity index (χ0) is 20.4. The molecule has 0 radical (unpaired) electrons. The van der Waals surface area contributed by atoms with Crippen LogP contribution in [-0.2, 0) is 11.3 Å². The van der Waals surface area contributed by atoms with E-state index < -0.39 is 34.6 Å². The van der Waals surface area contributed by atoms with Crippen LogP contribution in [0.15, 0.2) is 35.1 Å². The first-order valence-electron chi connectivity index (χ1n) is 7.90. The van der Waals surface area contributed by atoms with Gasteiger partial charge in [-0.1, -0.05) is 11.6 Å². The van der Waals surface area contributed by atoms with Crippen LogP contribution in [0.2, 0.25) is 5.02 Å². The first-order chi connectivity index (χ1) is 12.5. The number of carboxylic acids is 1. The van der Waals surface area contributed by atoms with Gasteiger partial charge >= 0.3 is 12.1 Å². The highest BCUT2D eigenvalue weighted by Gasteiger charge is 2.21. The predicted molar refractivity (Wildman–Crippen MR) is 97.0 cm³/mol. The summed E-state index contributed by atoms with van der Waals surface area (Å²) in [6.45, 7) is 4.86. The standard InChI is InChI=1S/C18H18ClFN2O5/c1-18(2,3)27-17(26)21-9-14-13(19)8-12(16(24)25)15(23)22(14)11-6-4-10(20)5-7-11/h4-8H,9H2,1-3H3,(H,21,26)(H,24,25). The summed E-state index contributed by atoms with van der Waals surface area (Å²) in [5.41, 5.74) is -1.81. The van der Waals surface area contributed by atoms with E-state index in [-0.39, 0.29) is 22.9 Å². The van der Waals surface area contributed by atoms with E-state index in [1.807, 2.05) is 0 Å². The van der Waals surface area contributed by atoms with Crippen molar-refractivity contribution in [3.05, 3.63) is 62.8 Å². The van der Waals surface area contributed by atoms with Gasteiger partial charge in [-0.2, -0.15) is 0 Å². The van der Waals surface area contributed by atoms with Crippen LogP contribution in [0.25, 0.3) is 5.69 Å². The molecule has 1 heterocycles. The van der Waals surface area contributed by atoms with E-state index in [0.29, 0.717) is 0 Å². The molecular weight excluding hydrogens is 379 g/mol. The zero-order valence-electron chi connectivity index (χ0n) is 14.9. The molecule has 0 fully saturated rings. The minimum absolute atomic E-state index is 0.0487. The molecule has 27 heavy (non-hydrogen) atoms. The Morgan fingerprint density at radius 2 is 1.85 bits per heavy atom. The molecular formula is C18H18ClFN2O5. The van der Waals surface area contributed by atoms with Gasteiger partial charge in [0.15, 0.2) is 0 Å². The number of carbonyl (C=O) groups is 2. The molecule has 1 aromatic heterocycles. The van der Waals surface area contributed by atoms with Crippen molar-refractivity contribution in [2.75, 3.05) is 0 Å². The van der Waals surface area contributed by atoms with Gasteiger partial charge < -0.3 is 15.2 Å². The molecule has 9 heteroatoms. The fraction of sp³-hybridized carbons (Fsp3) is 0.278. The third-order valence-electron chi connectivity index (χ3n) is 3.36. The number of aromatic carboxylic acids is 1. The van der Waals surface area contributed by atoms with Crippen LogP contribution >= 0.6 is 11.6 Å². The van der Waals surface area contributed by atoms with Crippen molar-refractivity contribution in [3.8, 4) is 5.69 Å². The Labute approximate surface area is 159 Å². The first-order valence-corrected chi connectivity index (χ1v) is 8.28. The first kappa shape index (κ1) is 20.4. The lowest BCUT2D eigenvalue weighted by atomic mass is 10.2. The lowest BCUT2D eigenvalue weighted by molar-refractivity contribution is 0.0521. The molecule has 144 valence electrons. The number of halogens is 2. The number of benzene rings is 1. The van der Waals surface area contributed by atoms with Crippen molar-refractivity contribution in [2.24, 2.45) is 0 Å². The molecule has 1 aromatic carbocycles. The number of ether oxygens (including phenoxy) is 1. The number of carbonyl (C=O) groups excluding carboxylic acids is 1. The average Bonchev–Trinajstić information content (AvgIpc) is 2.54. The van der Waals surface area contributed by atoms with Crippen LogP contribution in [0.1, 0.15) is 36.8 Å². The molecule has 0 spiro atoms. The van der Waals surface area contributed by atoms with Crippen molar-refractivity contribution in [2.45, 2.75) is 32.9 Å². The van der Waals surface area contributed by atoms with Gasteiger partial charge in [-0.05, 0) is 51.1 Å². The van der Waals surface area contributed by atoms with Gasteiger partial charge in [-0.25, -0.2) is 14.0 Å². The maximum absolute atomic E-state index is 13.2. The van der Waals surface area contributed by atoms with Crippen LogP contribution in [-0.4, -0.2) is 27.3 Å². The molecule has 0 unspecified atom stereocenters. The monoisotopic (exact) mass is 396 g/mol. The van der Waals surface area contributed by atoms with Crippen LogP contribution in [0.4, 0.5) is 9.18 Å². The molecule has 2 rings (SSSR count). The van der Waals surface area contributed by atoms with E-state index >= 15 is 0 Å². The van der Waals surface area contributed by atoms with Gasteiger partial charge in [0.05, 0.1) is 17.3 Å². The predicted octanol–water partition coefficient (Wildman–Crippen LogP) is 3.35. The molecule has 2 aromatic rings. The third-order valence-corrected chi connectivity index (χ3v) is 3.69. The number of rotatable bonds is 4. The Kier molecular flexibility index (Phi) is 5.90. The summed E-state index contributed by atoms with van der Waals surface area (Å²) in [6.07, 6.45) is -0.737. The molecule has 0 saturated carbocycles. The minimum atomic E-state index is -1.45. The Hall–Kier alpha value is -2.87. The van der Waals surface area contributed by atoms with E-state index in [2.05, 4.69) is 5.32 Å². The van der Waals surface area contributed by atoms with Crippen molar-refractivity contribution in [1.82, 2.24) is 9.88 Å². The maximum atomic E-state index is 13.2. The molecule has 1 amide bonds. The Morgan fingerprint density at radius 1 is 1.26 bits per heavy atom. The Balaban J connectivity index is 2.51. The SMILES string of the molecule is CC(C)(C)OC(=O)NCc1c(Cl)cc(C(=O)O)c(=O)n1-c1ccc(F)cc1. The number of alkyl carbamates (subject to hydrolysis) is 1. The van der Waals surface area contributed by atoms with Crippen molar-refractivity contribution in [1.29, 1.82) is 0 Å². The van der Waals surface area contributed by atoms with Crippen molar-refractivity contribution in [3.63, 3.8) is 0 Å². The summed E-state index contributed by atoms with van der Waals surface area (Å²) >= 11 is 6.16. The van der Waals surface area contributed by atoms with Gasteiger partial charge in [-0.3, -0.25) is 9.36 Å². The fourth-order valence-corrected chi connectivity index (χ4v) is 2.53. The van der Waals surface area contributed by atoms with Crippen LogP contribution in [0, 0.1) is 5.82 Å². The number of aromatic nitrogens is 1. The molecule has 0 aliphatic rings. The van der Waals surface area contributed by atoms with Crippen molar-refractivity contribution >= 4 is 23.7 Å². The maximum Gasteiger partial charge on any atom is 0.407 e. The highest BCUT2D eigenvalue weighted by molar-refractivity contribution is 6.31. The second-order valence-corrected chi connectivity index (χ2v) is 7.04. The zero-order valence-corrected chi connectivity index (χ0v) is 15.6. The number of carboxylic acid groups (broad SMARTS) is 1. The van der Waals surface area contributed by atoms with E-state index in [1.165, 1.54) is 12.1 Å². The summed E-state index contributed by atoms with van der Waals surface area (Å²) in [4.78, 5) is 35.8. The third kappa shape index (κ3) is 5.07. The van der Waals surface area contributed by atoms with Gasteiger partial charge in [0.25, 0.3) is 5.56 Å². The van der Waals surface area contributed by atoms with Gasteiger partial charge in [-0.15, -0.1) is 0 Å². The highest BCUT2D eigenvalue weighted by atomic mass is 35.5. The number of pyridine rings is 1. The van der Waals surface area contributed by atoms with E-state index in [0.717, 1.165) is 22.8 Å². The Bertz CT molecular complexity index is 932. The second kappa shape index (κ2) is 7.79. The summed E-state index contributed by atoms with van der Waals surface area (Å²) < 4.78 is 19.4. The smallest absolute Gasteiger partial charge is 0.407 e. The normalized spacial score (nSPS) is 11.1. The highest BCUT2D eigenvalue weighted by Crippen LogP contribution is 2.20.